The Morgan fingerprint density at radius 1 is 1.15 bits per heavy atom. The van der Waals surface area contributed by atoms with Gasteiger partial charge >= 0.3 is 5.97 Å². The van der Waals surface area contributed by atoms with E-state index in [2.05, 4.69) is 4.72 Å². The summed E-state index contributed by atoms with van der Waals surface area (Å²) < 4.78 is 32.5. The highest BCUT2D eigenvalue weighted by Gasteiger charge is 2.35. The van der Waals surface area contributed by atoms with Crippen molar-refractivity contribution in [2.45, 2.75) is 11.3 Å². The number of methoxy groups -OCH3 is 1. The Bertz CT molecular complexity index is 954. The zero-order chi connectivity index (χ0) is 19.6. The molecular weight excluding hydrogens is 372 g/mol. The molecule has 1 amide bonds. The van der Waals surface area contributed by atoms with Gasteiger partial charge in [-0.1, -0.05) is 0 Å². The van der Waals surface area contributed by atoms with Crippen molar-refractivity contribution >= 4 is 33.3 Å². The van der Waals surface area contributed by atoms with E-state index in [1.807, 2.05) is 0 Å². The van der Waals surface area contributed by atoms with Crippen molar-refractivity contribution in [3.8, 4) is 5.75 Å². The molecule has 0 radical (unpaired) electrons. The van der Waals surface area contributed by atoms with Crippen molar-refractivity contribution < 1.29 is 27.9 Å². The molecule has 2 aromatic rings. The van der Waals surface area contributed by atoms with Crippen LogP contribution in [0.1, 0.15) is 6.42 Å². The minimum absolute atomic E-state index is 0.0310. The number of carbonyl (C=O) groups is 2. The van der Waals surface area contributed by atoms with E-state index in [-0.39, 0.29) is 23.8 Å². The smallest absolute Gasteiger partial charge is 0.308 e. The Morgan fingerprint density at radius 3 is 2.30 bits per heavy atom. The topological polar surface area (TPSA) is 113 Å². The van der Waals surface area contributed by atoms with Crippen LogP contribution in [0, 0.1) is 5.92 Å². The molecule has 3 rings (SSSR count). The SMILES string of the molecule is COc1ccc(NS(=O)(=O)c2ccc(N3C[C@@H](C(=O)O)CC3=O)cc2)cc1. The summed E-state index contributed by atoms with van der Waals surface area (Å²) in [6, 6.07) is 12.2. The molecule has 0 aliphatic carbocycles. The van der Waals surface area contributed by atoms with Crippen molar-refractivity contribution in [2.75, 3.05) is 23.3 Å². The number of hydrogen-bond acceptors (Lipinski definition) is 5. The lowest BCUT2D eigenvalue weighted by Gasteiger charge is -2.16. The van der Waals surface area contributed by atoms with Gasteiger partial charge in [0.25, 0.3) is 10.0 Å². The Kier molecular flexibility index (Phi) is 5.04. The number of sulfonamides is 1. The average Bonchev–Trinajstić information content (AvgIpc) is 3.04. The molecule has 0 saturated carbocycles. The Hall–Kier alpha value is -3.07. The normalized spacial score (nSPS) is 17.0. The summed E-state index contributed by atoms with van der Waals surface area (Å²) in [4.78, 5) is 24.4. The molecule has 1 aliphatic rings. The van der Waals surface area contributed by atoms with Crippen molar-refractivity contribution in [3.63, 3.8) is 0 Å². The van der Waals surface area contributed by atoms with Crippen molar-refractivity contribution in [1.82, 2.24) is 0 Å². The van der Waals surface area contributed by atoms with Gasteiger partial charge in [0.05, 0.1) is 17.9 Å². The Morgan fingerprint density at radius 2 is 1.78 bits per heavy atom. The van der Waals surface area contributed by atoms with Gasteiger partial charge in [-0.2, -0.15) is 0 Å². The number of amides is 1. The second-order valence-corrected chi connectivity index (χ2v) is 7.75. The molecule has 2 N–H and O–H groups in total. The molecule has 0 aromatic heterocycles. The van der Waals surface area contributed by atoms with E-state index in [0.717, 1.165) is 0 Å². The number of carboxylic acid groups (broad SMARTS) is 1. The lowest BCUT2D eigenvalue weighted by Crippen LogP contribution is -2.25. The summed E-state index contributed by atoms with van der Waals surface area (Å²) in [7, 11) is -2.28. The van der Waals surface area contributed by atoms with Gasteiger partial charge in [-0.25, -0.2) is 8.42 Å². The number of rotatable bonds is 6. The van der Waals surface area contributed by atoms with Gasteiger partial charge in [0.1, 0.15) is 5.75 Å². The van der Waals surface area contributed by atoms with E-state index in [0.29, 0.717) is 17.1 Å². The molecule has 9 heteroatoms. The summed E-state index contributed by atoms with van der Waals surface area (Å²) in [5.41, 5.74) is 0.853. The standard InChI is InChI=1S/C18H18N2O6S/c1-26-15-6-2-13(3-7-15)19-27(24,25)16-8-4-14(5-9-16)20-11-12(18(22)23)10-17(20)21/h2-9,12,19H,10-11H2,1H3,(H,22,23)/t12-/m0/s1. The summed E-state index contributed by atoms with van der Waals surface area (Å²) in [6.45, 7) is 0.0738. The second kappa shape index (κ2) is 7.28. The number of anilines is 2. The lowest BCUT2D eigenvalue weighted by atomic mass is 10.1. The summed E-state index contributed by atoms with van der Waals surface area (Å²) >= 11 is 0. The van der Waals surface area contributed by atoms with Crippen LogP contribution in [0.2, 0.25) is 0 Å². The Balaban J connectivity index is 1.75. The van der Waals surface area contributed by atoms with Crippen LogP contribution in [0.5, 0.6) is 5.75 Å². The molecule has 1 heterocycles. The van der Waals surface area contributed by atoms with Crippen molar-refractivity contribution in [3.05, 3.63) is 48.5 Å². The predicted molar refractivity (Wildman–Crippen MR) is 98.3 cm³/mol. The van der Waals surface area contributed by atoms with Crippen LogP contribution < -0.4 is 14.4 Å². The van der Waals surface area contributed by atoms with E-state index in [1.165, 1.54) is 36.3 Å². The highest BCUT2D eigenvalue weighted by Crippen LogP contribution is 2.27. The number of hydrogen-bond donors (Lipinski definition) is 2. The third-order valence-electron chi connectivity index (χ3n) is 4.28. The summed E-state index contributed by atoms with van der Waals surface area (Å²) in [5.74, 6) is -1.46. The number of benzene rings is 2. The number of carbonyl (C=O) groups excluding carboxylic acids is 1. The highest BCUT2D eigenvalue weighted by atomic mass is 32.2. The largest absolute Gasteiger partial charge is 0.497 e. The van der Waals surface area contributed by atoms with E-state index in [9.17, 15) is 18.0 Å². The number of carboxylic acids is 1. The first-order valence-corrected chi connectivity index (χ1v) is 9.58. The molecule has 27 heavy (non-hydrogen) atoms. The van der Waals surface area contributed by atoms with Crippen LogP contribution in [0.3, 0.4) is 0 Å². The van der Waals surface area contributed by atoms with Gasteiger partial charge in [-0.15, -0.1) is 0 Å². The first-order chi connectivity index (χ1) is 12.8. The highest BCUT2D eigenvalue weighted by molar-refractivity contribution is 7.92. The maximum absolute atomic E-state index is 12.5. The van der Waals surface area contributed by atoms with Gasteiger partial charge in [0.2, 0.25) is 5.91 Å². The fourth-order valence-corrected chi connectivity index (χ4v) is 3.86. The minimum atomic E-state index is -3.80. The molecule has 1 aliphatic heterocycles. The van der Waals surface area contributed by atoms with Crippen LogP contribution in [0.25, 0.3) is 0 Å². The zero-order valence-corrected chi connectivity index (χ0v) is 15.3. The fourth-order valence-electron chi connectivity index (χ4n) is 2.80. The van der Waals surface area contributed by atoms with Gasteiger partial charge in [0.15, 0.2) is 0 Å². The van der Waals surface area contributed by atoms with Crippen LogP contribution in [-0.4, -0.2) is 39.1 Å². The second-order valence-electron chi connectivity index (χ2n) is 6.07. The number of aliphatic carboxylic acids is 1. The molecule has 0 spiro atoms. The van der Waals surface area contributed by atoms with E-state index >= 15 is 0 Å². The number of ether oxygens (including phenoxy) is 1. The van der Waals surface area contributed by atoms with Gasteiger partial charge in [-0.05, 0) is 48.5 Å². The third-order valence-corrected chi connectivity index (χ3v) is 5.67. The van der Waals surface area contributed by atoms with Crippen molar-refractivity contribution in [2.24, 2.45) is 5.92 Å². The molecule has 8 nitrogen and oxygen atoms in total. The van der Waals surface area contributed by atoms with E-state index in [4.69, 9.17) is 9.84 Å². The van der Waals surface area contributed by atoms with Gasteiger partial charge in [-0.3, -0.25) is 14.3 Å². The molecule has 1 saturated heterocycles. The van der Waals surface area contributed by atoms with E-state index in [1.54, 1.807) is 24.3 Å². The van der Waals surface area contributed by atoms with Crippen LogP contribution in [0.4, 0.5) is 11.4 Å². The first-order valence-electron chi connectivity index (χ1n) is 8.10. The van der Waals surface area contributed by atoms with Crippen LogP contribution in [0.15, 0.2) is 53.4 Å². The lowest BCUT2D eigenvalue weighted by molar-refractivity contribution is -0.141. The maximum Gasteiger partial charge on any atom is 0.308 e. The van der Waals surface area contributed by atoms with Gasteiger partial charge < -0.3 is 14.7 Å². The van der Waals surface area contributed by atoms with E-state index < -0.39 is 21.9 Å². The molecular formula is C18H18N2O6S. The zero-order valence-electron chi connectivity index (χ0n) is 14.5. The maximum atomic E-state index is 12.5. The summed E-state index contributed by atoms with van der Waals surface area (Å²) in [5, 5.41) is 9.05. The van der Waals surface area contributed by atoms with Gasteiger partial charge in [0, 0.05) is 24.3 Å². The van der Waals surface area contributed by atoms with Crippen molar-refractivity contribution in [1.29, 1.82) is 0 Å². The predicted octanol–water partition coefficient (Wildman–Crippen LogP) is 1.93. The monoisotopic (exact) mass is 390 g/mol. The molecule has 0 unspecified atom stereocenters. The summed E-state index contributed by atoms with van der Waals surface area (Å²) in [6.07, 6.45) is -0.0611. The molecule has 1 atom stereocenters. The van der Waals surface area contributed by atoms with Crippen LogP contribution >= 0.6 is 0 Å². The third kappa shape index (κ3) is 4.03. The quantitative estimate of drug-likeness (QED) is 0.779. The Labute approximate surface area is 156 Å². The number of nitrogens with one attached hydrogen (secondary N) is 1. The minimum Gasteiger partial charge on any atom is -0.497 e. The fraction of sp³-hybridized carbons (Fsp3) is 0.222. The van der Waals surface area contributed by atoms with Crippen LogP contribution in [-0.2, 0) is 19.6 Å². The molecule has 2 aromatic carbocycles. The molecule has 1 fully saturated rings. The molecule has 142 valence electrons. The first kappa shape index (κ1) is 18.7. The molecule has 0 bridgehead atoms. The average molecular weight is 390 g/mol. The number of nitrogens with zero attached hydrogens (tertiary/aromatic N) is 1.